The lowest BCUT2D eigenvalue weighted by Crippen LogP contribution is -2.37. The van der Waals surface area contributed by atoms with Crippen molar-refractivity contribution in [3.8, 4) is 11.5 Å². The van der Waals surface area contributed by atoms with E-state index in [2.05, 4.69) is 15.5 Å². The molecular weight excluding hydrogens is 294 g/mol. The highest BCUT2D eigenvalue weighted by molar-refractivity contribution is 5.82. The molecule has 1 atom stereocenters. The van der Waals surface area contributed by atoms with Crippen LogP contribution in [0.4, 0.5) is 0 Å². The second-order valence-electron chi connectivity index (χ2n) is 5.62. The van der Waals surface area contributed by atoms with Crippen molar-refractivity contribution in [3.05, 3.63) is 42.1 Å². The summed E-state index contributed by atoms with van der Waals surface area (Å²) >= 11 is 0. The van der Waals surface area contributed by atoms with E-state index in [0.29, 0.717) is 26.4 Å². The van der Waals surface area contributed by atoms with Crippen LogP contribution in [0.15, 0.2) is 40.9 Å². The SMILES string of the molecule is c1ccc2oc(-c3[nH]ncc3CNCC3COCCO3)cc2c1. The fraction of sp³-hybridized carbons (Fsp3) is 0.353. The molecule has 3 heterocycles. The van der Waals surface area contributed by atoms with Crippen LogP contribution in [-0.4, -0.2) is 42.7 Å². The first-order valence-corrected chi connectivity index (χ1v) is 7.81. The minimum Gasteiger partial charge on any atom is -0.454 e. The van der Waals surface area contributed by atoms with Gasteiger partial charge in [-0.2, -0.15) is 5.10 Å². The number of rotatable bonds is 5. The molecule has 120 valence electrons. The van der Waals surface area contributed by atoms with Gasteiger partial charge in [-0.15, -0.1) is 0 Å². The molecule has 23 heavy (non-hydrogen) atoms. The number of nitrogens with one attached hydrogen (secondary N) is 2. The predicted molar refractivity (Wildman–Crippen MR) is 86.1 cm³/mol. The molecule has 2 N–H and O–H groups in total. The van der Waals surface area contributed by atoms with E-state index in [0.717, 1.165) is 34.5 Å². The van der Waals surface area contributed by atoms with Crippen molar-refractivity contribution in [2.45, 2.75) is 12.6 Å². The molecule has 1 saturated heterocycles. The lowest BCUT2D eigenvalue weighted by molar-refractivity contribution is -0.0864. The largest absolute Gasteiger partial charge is 0.454 e. The summed E-state index contributed by atoms with van der Waals surface area (Å²) in [6, 6.07) is 10.0. The van der Waals surface area contributed by atoms with Crippen molar-refractivity contribution in [3.63, 3.8) is 0 Å². The Balaban J connectivity index is 1.45. The van der Waals surface area contributed by atoms with Crippen LogP contribution in [0.5, 0.6) is 0 Å². The zero-order chi connectivity index (χ0) is 15.5. The van der Waals surface area contributed by atoms with Crippen LogP contribution in [0, 0.1) is 0 Å². The normalized spacial score (nSPS) is 18.5. The lowest BCUT2D eigenvalue weighted by atomic mass is 10.2. The second-order valence-corrected chi connectivity index (χ2v) is 5.62. The quantitative estimate of drug-likeness (QED) is 0.756. The Morgan fingerprint density at radius 3 is 3.09 bits per heavy atom. The Morgan fingerprint density at radius 2 is 2.22 bits per heavy atom. The zero-order valence-corrected chi connectivity index (χ0v) is 12.7. The maximum atomic E-state index is 5.91. The van der Waals surface area contributed by atoms with Crippen molar-refractivity contribution in [1.82, 2.24) is 15.5 Å². The van der Waals surface area contributed by atoms with Crippen molar-refractivity contribution in [2.24, 2.45) is 0 Å². The van der Waals surface area contributed by atoms with E-state index in [4.69, 9.17) is 13.9 Å². The Bertz CT molecular complexity index is 741. The first-order chi connectivity index (χ1) is 11.4. The summed E-state index contributed by atoms with van der Waals surface area (Å²) in [5.41, 5.74) is 2.86. The van der Waals surface area contributed by atoms with Gasteiger partial charge in [0.1, 0.15) is 11.3 Å². The van der Waals surface area contributed by atoms with Crippen molar-refractivity contribution < 1.29 is 13.9 Å². The number of hydrogen-bond acceptors (Lipinski definition) is 5. The molecule has 0 spiro atoms. The van der Waals surface area contributed by atoms with Crippen LogP contribution < -0.4 is 5.32 Å². The zero-order valence-electron chi connectivity index (χ0n) is 12.7. The number of aromatic amines is 1. The highest BCUT2D eigenvalue weighted by Gasteiger charge is 2.15. The van der Waals surface area contributed by atoms with Crippen LogP contribution in [0.2, 0.25) is 0 Å². The molecule has 6 nitrogen and oxygen atoms in total. The number of benzene rings is 1. The summed E-state index contributed by atoms with van der Waals surface area (Å²) in [4.78, 5) is 0. The maximum absolute atomic E-state index is 5.91. The molecule has 0 radical (unpaired) electrons. The highest BCUT2D eigenvalue weighted by Crippen LogP contribution is 2.28. The molecule has 1 aliphatic heterocycles. The Labute approximate surface area is 133 Å². The van der Waals surface area contributed by atoms with Crippen LogP contribution in [0.25, 0.3) is 22.4 Å². The number of furan rings is 1. The first kappa shape index (κ1) is 14.4. The van der Waals surface area contributed by atoms with E-state index in [1.807, 2.05) is 36.5 Å². The van der Waals surface area contributed by atoms with E-state index >= 15 is 0 Å². The van der Waals surface area contributed by atoms with Crippen LogP contribution in [-0.2, 0) is 16.0 Å². The fourth-order valence-electron chi connectivity index (χ4n) is 2.79. The third kappa shape index (κ3) is 3.14. The summed E-state index contributed by atoms with van der Waals surface area (Å²) < 4.78 is 16.9. The van der Waals surface area contributed by atoms with Crippen LogP contribution in [0.1, 0.15) is 5.56 Å². The van der Waals surface area contributed by atoms with Gasteiger partial charge in [0.15, 0.2) is 5.76 Å². The Morgan fingerprint density at radius 1 is 1.26 bits per heavy atom. The van der Waals surface area contributed by atoms with Crippen LogP contribution in [0.3, 0.4) is 0 Å². The monoisotopic (exact) mass is 313 g/mol. The van der Waals surface area contributed by atoms with Crippen molar-refractivity contribution >= 4 is 11.0 Å². The molecule has 0 aliphatic carbocycles. The number of para-hydroxylation sites is 1. The summed E-state index contributed by atoms with van der Waals surface area (Å²) in [5, 5.41) is 11.7. The summed E-state index contributed by atoms with van der Waals surface area (Å²) in [6.45, 7) is 3.46. The standard InChI is InChI=1S/C17H19N3O3/c1-2-4-15-12(3-1)7-16(23-15)17-13(9-19-20-17)8-18-10-14-11-21-5-6-22-14/h1-4,7,9,14,18H,5-6,8,10-11H2,(H,19,20). The lowest BCUT2D eigenvalue weighted by Gasteiger charge is -2.23. The highest BCUT2D eigenvalue weighted by atomic mass is 16.6. The van der Waals surface area contributed by atoms with Gasteiger partial charge in [-0.05, 0) is 12.1 Å². The number of hydrogen-bond donors (Lipinski definition) is 2. The molecule has 3 aromatic rings. The average Bonchev–Trinajstić information content (AvgIpc) is 3.21. The van der Waals surface area contributed by atoms with Gasteiger partial charge in [-0.3, -0.25) is 5.10 Å². The summed E-state index contributed by atoms with van der Waals surface area (Å²) in [7, 11) is 0. The van der Waals surface area contributed by atoms with E-state index < -0.39 is 0 Å². The summed E-state index contributed by atoms with van der Waals surface area (Å²) in [5.74, 6) is 0.803. The molecule has 1 fully saturated rings. The van der Waals surface area contributed by atoms with Gasteiger partial charge in [-0.1, -0.05) is 18.2 Å². The molecule has 0 amide bonds. The fourth-order valence-corrected chi connectivity index (χ4v) is 2.79. The molecule has 4 rings (SSSR count). The smallest absolute Gasteiger partial charge is 0.153 e. The average molecular weight is 313 g/mol. The predicted octanol–water partition coefficient (Wildman–Crippen LogP) is 2.33. The van der Waals surface area contributed by atoms with Gasteiger partial charge in [0.05, 0.1) is 32.1 Å². The topological polar surface area (TPSA) is 72.3 Å². The van der Waals surface area contributed by atoms with Gasteiger partial charge >= 0.3 is 0 Å². The van der Waals surface area contributed by atoms with Gasteiger partial charge < -0.3 is 19.2 Å². The van der Waals surface area contributed by atoms with E-state index in [-0.39, 0.29) is 6.10 Å². The van der Waals surface area contributed by atoms with Gasteiger partial charge in [0.25, 0.3) is 0 Å². The Hall–Kier alpha value is -2.15. The van der Waals surface area contributed by atoms with Crippen molar-refractivity contribution in [2.75, 3.05) is 26.4 Å². The molecule has 0 bridgehead atoms. The van der Waals surface area contributed by atoms with Crippen LogP contribution >= 0.6 is 0 Å². The van der Waals surface area contributed by atoms with Gasteiger partial charge in [0.2, 0.25) is 0 Å². The molecule has 2 aromatic heterocycles. The molecule has 1 aromatic carbocycles. The number of aromatic nitrogens is 2. The van der Waals surface area contributed by atoms with E-state index in [1.165, 1.54) is 0 Å². The van der Waals surface area contributed by atoms with Gasteiger partial charge in [-0.25, -0.2) is 0 Å². The molecule has 6 heteroatoms. The van der Waals surface area contributed by atoms with E-state index in [1.54, 1.807) is 0 Å². The summed E-state index contributed by atoms with van der Waals surface area (Å²) in [6.07, 6.45) is 1.94. The number of H-pyrrole nitrogens is 1. The minimum absolute atomic E-state index is 0.116. The number of ether oxygens (including phenoxy) is 2. The van der Waals surface area contributed by atoms with Crippen molar-refractivity contribution in [1.29, 1.82) is 0 Å². The minimum atomic E-state index is 0.116. The van der Waals surface area contributed by atoms with E-state index in [9.17, 15) is 0 Å². The Kier molecular flexibility index (Phi) is 4.10. The first-order valence-electron chi connectivity index (χ1n) is 7.81. The molecule has 1 unspecified atom stereocenters. The molecular formula is C17H19N3O3. The third-order valence-corrected chi connectivity index (χ3v) is 3.96. The third-order valence-electron chi connectivity index (χ3n) is 3.96. The number of fused-ring (bicyclic) bond motifs is 1. The second kappa shape index (κ2) is 6.54. The van der Waals surface area contributed by atoms with Gasteiger partial charge in [0, 0.05) is 24.0 Å². The molecule has 1 aliphatic rings. The maximum Gasteiger partial charge on any atom is 0.153 e. The number of nitrogens with zero attached hydrogens (tertiary/aromatic N) is 1. The molecule has 0 saturated carbocycles.